The van der Waals surface area contributed by atoms with E-state index in [0.717, 1.165) is 57.8 Å². The van der Waals surface area contributed by atoms with Crippen molar-refractivity contribution in [3.63, 3.8) is 0 Å². The lowest BCUT2D eigenvalue weighted by Gasteiger charge is -2.32. The van der Waals surface area contributed by atoms with Crippen molar-refractivity contribution in [1.29, 1.82) is 0 Å². The number of hydrogen-bond donors (Lipinski definition) is 1. The monoisotopic (exact) mass is 430 g/mol. The molecule has 4 rings (SSSR count). The van der Waals surface area contributed by atoms with Crippen molar-refractivity contribution >= 4 is 5.91 Å². The van der Waals surface area contributed by atoms with Crippen LogP contribution in [-0.2, 0) is 23.9 Å². The van der Waals surface area contributed by atoms with E-state index < -0.39 is 11.7 Å². The molecule has 0 bridgehead atoms. The molecule has 1 saturated carbocycles. The number of carbonyl (C=O) groups is 1. The molecule has 1 spiro atoms. The second-order valence-corrected chi connectivity index (χ2v) is 8.92. The summed E-state index contributed by atoms with van der Waals surface area (Å²) in [7, 11) is 0. The van der Waals surface area contributed by atoms with E-state index in [4.69, 9.17) is 0 Å². The average molecular weight is 431 g/mol. The summed E-state index contributed by atoms with van der Waals surface area (Å²) in [6, 6.07) is 15.9. The zero-order chi connectivity index (χ0) is 21.9. The number of likely N-dealkylation sites (tertiary alicyclic amines) is 1. The van der Waals surface area contributed by atoms with Gasteiger partial charge >= 0.3 is 6.18 Å². The number of amides is 1. The van der Waals surface area contributed by atoms with Crippen LogP contribution in [0.3, 0.4) is 0 Å². The normalized spacial score (nSPS) is 20.5. The van der Waals surface area contributed by atoms with Gasteiger partial charge in [0.25, 0.3) is 0 Å². The highest BCUT2D eigenvalue weighted by atomic mass is 19.4. The number of piperidine rings is 1. The molecule has 0 radical (unpaired) electrons. The van der Waals surface area contributed by atoms with Crippen molar-refractivity contribution in [2.24, 2.45) is 11.3 Å². The van der Waals surface area contributed by atoms with Gasteiger partial charge in [0.15, 0.2) is 0 Å². The average Bonchev–Trinajstić information content (AvgIpc) is 3.47. The molecular weight excluding hydrogens is 401 g/mol. The Kier molecular flexibility index (Phi) is 6.37. The highest BCUT2D eigenvalue weighted by Crippen LogP contribution is 2.59. The number of alkyl halides is 3. The summed E-state index contributed by atoms with van der Waals surface area (Å²) in [5.74, 6) is -0.161. The van der Waals surface area contributed by atoms with E-state index in [1.807, 2.05) is 6.07 Å². The number of carbonyl (C=O) groups excluding carboxylic acids is 1. The Morgan fingerprint density at radius 3 is 2.42 bits per heavy atom. The number of aryl methyl sites for hydroxylation is 1. The number of benzene rings is 2. The fourth-order valence-corrected chi connectivity index (χ4v) is 4.90. The quantitative estimate of drug-likeness (QED) is 0.666. The minimum absolute atomic E-state index is 0.0583. The number of rotatable bonds is 7. The molecule has 2 aromatic carbocycles. The van der Waals surface area contributed by atoms with Crippen molar-refractivity contribution in [3.8, 4) is 0 Å². The molecule has 1 aliphatic carbocycles. The van der Waals surface area contributed by atoms with E-state index in [9.17, 15) is 18.0 Å². The maximum atomic E-state index is 13.1. The van der Waals surface area contributed by atoms with E-state index >= 15 is 0 Å². The van der Waals surface area contributed by atoms with Gasteiger partial charge in [0, 0.05) is 12.5 Å². The Balaban J connectivity index is 1.21. The number of nitrogens with zero attached hydrogens (tertiary/aromatic N) is 1. The van der Waals surface area contributed by atoms with E-state index in [2.05, 4.69) is 34.5 Å². The minimum atomic E-state index is -4.41. The highest BCUT2D eigenvalue weighted by molar-refractivity contribution is 5.82. The SMILES string of the molecule is O=C(NCc1ccccc1C(F)(F)F)[C@H]1CC12CCN(CCCc1ccccc1)CC2. The molecule has 1 amide bonds. The first-order chi connectivity index (χ1) is 14.9. The Labute approximate surface area is 181 Å². The Morgan fingerprint density at radius 1 is 1.03 bits per heavy atom. The lowest BCUT2D eigenvalue weighted by molar-refractivity contribution is -0.138. The van der Waals surface area contributed by atoms with Crippen LogP contribution in [0, 0.1) is 11.3 Å². The lowest BCUT2D eigenvalue weighted by Crippen LogP contribution is -2.37. The van der Waals surface area contributed by atoms with Crippen LogP contribution in [-0.4, -0.2) is 30.4 Å². The summed E-state index contributed by atoms with van der Waals surface area (Å²) in [5.41, 5.74) is 0.863. The summed E-state index contributed by atoms with van der Waals surface area (Å²) in [5, 5.41) is 2.76. The first kappa shape index (κ1) is 21.9. The third-order valence-electron chi connectivity index (χ3n) is 6.92. The van der Waals surface area contributed by atoms with Gasteiger partial charge in [-0.2, -0.15) is 13.2 Å². The first-order valence-electron chi connectivity index (χ1n) is 11.1. The van der Waals surface area contributed by atoms with Gasteiger partial charge in [-0.1, -0.05) is 48.5 Å². The van der Waals surface area contributed by atoms with Crippen LogP contribution >= 0.6 is 0 Å². The largest absolute Gasteiger partial charge is 0.416 e. The predicted molar refractivity (Wildman–Crippen MR) is 114 cm³/mol. The van der Waals surface area contributed by atoms with Crippen LogP contribution in [0.5, 0.6) is 0 Å². The maximum Gasteiger partial charge on any atom is 0.416 e. The predicted octanol–water partition coefficient (Wildman–Crippen LogP) is 5.06. The van der Waals surface area contributed by atoms with Crippen LogP contribution < -0.4 is 5.32 Å². The molecule has 1 atom stereocenters. The van der Waals surface area contributed by atoms with Crippen molar-refractivity contribution in [1.82, 2.24) is 10.2 Å². The smallest absolute Gasteiger partial charge is 0.352 e. The van der Waals surface area contributed by atoms with Crippen LogP contribution in [0.25, 0.3) is 0 Å². The van der Waals surface area contributed by atoms with E-state index in [-0.39, 0.29) is 29.3 Å². The molecule has 1 N–H and O–H groups in total. The van der Waals surface area contributed by atoms with Crippen molar-refractivity contribution in [3.05, 3.63) is 71.3 Å². The van der Waals surface area contributed by atoms with Crippen LogP contribution in [0.15, 0.2) is 54.6 Å². The molecule has 1 aliphatic heterocycles. The Morgan fingerprint density at radius 2 is 1.71 bits per heavy atom. The Bertz CT molecular complexity index is 889. The fraction of sp³-hybridized carbons (Fsp3) is 0.480. The van der Waals surface area contributed by atoms with Crippen LogP contribution in [0.1, 0.15) is 42.4 Å². The van der Waals surface area contributed by atoms with Gasteiger partial charge in [-0.05, 0) is 74.3 Å². The van der Waals surface area contributed by atoms with Gasteiger partial charge in [-0.25, -0.2) is 0 Å². The number of nitrogens with one attached hydrogen (secondary N) is 1. The molecule has 6 heteroatoms. The van der Waals surface area contributed by atoms with Crippen LogP contribution in [0.4, 0.5) is 13.2 Å². The third kappa shape index (κ3) is 5.29. The topological polar surface area (TPSA) is 32.3 Å². The van der Waals surface area contributed by atoms with Gasteiger partial charge in [-0.15, -0.1) is 0 Å². The number of hydrogen-bond acceptors (Lipinski definition) is 2. The molecule has 0 aromatic heterocycles. The standard InChI is InChI=1S/C25H29F3N2O/c26-25(27,28)21-11-5-4-10-20(21)18-29-23(31)22-17-24(22)12-15-30(16-13-24)14-6-9-19-7-2-1-3-8-19/h1-5,7-8,10-11,22H,6,9,12-18H2,(H,29,31)/t22-/m1/s1. The van der Waals surface area contributed by atoms with E-state index in [1.54, 1.807) is 6.07 Å². The molecule has 3 nitrogen and oxygen atoms in total. The molecular formula is C25H29F3N2O. The second-order valence-electron chi connectivity index (χ2n) is 8.92. The zero-order valence-electron chi connectivity index (χ0n) is 17.6. The zero-order valence-corrected chi connectivity index (χ0v) is 17.6. The molecule has 166 valence electrons. The minimum Gasteiger partial charge on any atom is -0.352 e. The van der Waals surface area contributed by atoms with Gasteiger partial charge in [-0.3, -0.25) is 4.79 Å². The summed E-state index contributed by atoms with van der Waals surface area (Å²) >= 11 is 0. The third-order valence-corrected chi connectivity index (χ3v) is 6.92. The molecule has 1 heterocycles. The van der Waals surface area contributed by atoms with Crippen molar-refractivity contribution < 1.29 is 18.0 Å². The summed E-state index contributed by atoms with van der Waals surface area (Å²) in [6.07, 6.45) is 0.644. The van der Waals surface area contributed by atoms with Gasteiger partial charge in [0.2, 0.25) is 5.91 Å². The number of halogens is 3. The molecule has 2 aromatic rings. The molecule has 2 aliphatic rings. The molecule has 2 fully saturated rings. The van der Waals surface area contributed by atoms with Crippen LogP contribution in [0.2, 0.25) is 0 Å². The molecule has 31 heavy (non-hydrogen) atoms. The maximum absolute atomic E-state index is 13.1. The van der Waals surface area contributed by atoms with Gasteiger partial charge < -0.3 is 10.2 Å². The molecule has 1 saturated heterocycles. The summed E-state index contributed by atoms with van der Waals surface area (Å²) in [6.45, 7) is 2.98. The lowest BCUT2D eigenvalue weighted by atomic mass is 9.90. The van der Waals surface area contributed by atoms with Gasteiger partial charge in [0.1, 0.15) is 0 Å². The molecule has 0 unspecified atom stereocenters. The van der Waals surface area contributed by atoms with Crippen molar-refractivity contribution in [2.75, 3.05) is 19.6 Å². The van der Waals surface area contributed by atoms with E-state index in [0.29, 0.717) is 0 Å². The highest BCUT2D eigenvalue weighted by Gasteiger charge is 2.58. The van der Waals surface area contributed by atoms with E-state index in [1.165, 1.54) is 17.7 Å². The summed E-state index contributed by atoms with van der Waals surface area (Å²) in [4.78, 5) is 15.1. The second kappa shape index (κ2) is 9.03. The fourth-order valence-electron chi connectivity index (χ4n) is 4.90. The first-order valence-corrected chi connectivity index (χ1v) is 11.1. The van der Waals surface area contributed by atoms with Crippen molar-refractivity contribution in [2.45, 2.75) is 44.8 Å². The summed E-state index contributed by atoms with van der Waals surface area (Å²) < 4.78 is 39.4. The van der Waals surface area contributed by atoms with Gasteiger partial charge in [0.05, 0.1) is 5.56 Å². The Hall–Kier alpha value is -2.34.